The Kier molecular flexibility index (Phi) is 2.67. The van der Waals surface area contributed by atoms with Gasteiger partial charge in [-0.25, -0.2) is 9.78 Å². The zero-order valence-electron chi connectivity index (χ0n) is 6.54. The maximum absolute atomic E-state index is 10.5. The number of carboxylic acid groups (broad SMARTS) is 1. The van der Waals surface area contributed by atoms with Crippen LogP contribution in [0.5, 0.6) is 0 Å². The van der Waals surface area contributed by atoms with E-state index in [2.05, 4.69) is 4.98 Å². The SMILES string of the molecule is Br.O=C(O)c1cn2ccccc2n1. The lowest BCUT2D eigenvalue weighted by molar-refractivity contribution is 0.0691. The summed E-state index contributed by atoms with van der Waals surface area (Å²) < 4.78 is 1.67. The maximum atomic E-state index is 10.5. The van der Waals surface area contributed by atoms with E-state index in [1.54, 1.807) is 16.7 Å². The van der Waals surface area contributed by atoms with E-state index in [9.17, 15) is 4.79 Å². The monoisotopic (exact) mass is 242 g/mol. The van der Waals surface area contributed by atoms with Crippen LogP contribution in [0.4, 0.5) is 0 Å². The highest BCUT2D eigenvalue weighted by molar-refractivity contribution is 8.93. The lowest BCUT2D eigenvalue weighted by atomic mass is 10.5. The average Bonchev–Trinajstić information content (AvgIpc) is 2.46. The van der Waals surface area contributed by atoms with E-state index in [-0.39, 0.29) is 22.7 Å². The van der Waals surface area contributed by atoms with Crippen LogP contribution in [-0.2, 0) is 0 Å². The Balaban J connectivity index is 0.000000845. The molecule has 0 unspecified atom stereocenters. The van der Waals surface area contributed by atoms with Crippen LogP contribution in [0, 0.1) is 0 Å². The molecule has 0 saturated heterocycles. The minimum absolute atomic E-state index is 0. The summed E-state index contributed by atoms with van der Waals surface area (Å²) in [6.45, 7) is 0. The van der Waals surface area contributed by atoms with Gasteiger partial charge >= 0.3 is 5.97 Å². The summed E-state index contributed by atoms with van der Waals surface area (Å²) >= 11 is 0. The molecular weight excluding hydrogens is 236 g/mol. The molecule has 0 aromatic carbocycles. The van der Waals surface area contributed by atoms with Crippen molar-refractivity contribution in [2.45, 2.75) is 0 Å². The molecule has 0 saturated carbocycles. The zero-order chi connectivity index (χ0) is 8.55. The van der Waals surface area contributed by atoms with Crippen molar-refractivity contribution in [3.05, 3.63) is 36.3 Å². The highest BCUT2D eigenvalue weighted by Gasteiger charge is 2.06. The minimum Gasteiger partial charge on any atom is -0.476 e. The van der Waals surface area contributed by atoms with Crippen molar-refractivity contribution >= 4 is 28.6 Å². The zero-order valence-corrected chi connectivity index (χ0v) is 8.26. The van der Waals surface area contributed by atoms with Gasteiger partial charge < -0.3 is 9.51 Å². The van der Waals surface area contributed by atoms with Gasteiger partial charge in [0.2, 0.25) is 0 Å². The summed E-state index contributed by atoms with van der Waals surface area (Å²) in [5.74, 6) is -1.00. The number of hydrogen-bond acceptors (Lipinski definition) is 2. The van der Waals surface area contributed by atoms with Gasteiger partial charge in [0.25, 0.3) is 0 Å². The third kappa shape index (κ3) is 1.70. The fourth-order valence-electron chi connectivity index (χ4n) is 1.04. The molecular formula is C8H7BrN2O2. The van der Waals surface area contributed by atoms with Gasteiger partial charge in [0.1, 0.15) is 5.65 Å². The summed E-state index contributed by atoms with van der Waals surface area (Å²) in [6, 6.07) is 5.39. The van der Waals surface area contributed by atoms with Crippen LogP contribution in [0.2, 0.25) is 0 Å². The van der Waals surface area contributed by atoms with E-state index in [1.807, 2.05) is 12.1 Å². The Hall–Kier alpha value is -1.36. The molecule has 2 aromatic rings. The van der Waals surface area contributed by atoms with Crippen LogP contribution in [0.1, 0.15) is 10.5 Å². The van der Waals surface area contributed by atoms with Crippen molar-refractivity contribution in [1.29, 1.82) is 0 Å². The number of carbonyl (C=O) groups is 1. The van der Waals surface area contributed by atoms with Gasteiger partial charge in [-0.2, -0.15) is 0 Å². The number of halogens is 1. The van der Waals surface area contributed by atoms with E-state index in [0.717, 1.165) is 0 Å². The number of pyridine rings is 1. The molecule has 2 rings (SSSR count). The first-order valence-electron chi connectivity index (χ1n) is 3.44. The quantitative estimate of drug-likeness (QED) is 0.827. The van der Waals surface area contributed by atoms with Gasteiger partial charge in [-0.1, -0.05) is 6.07 Å². The number of rotatable bonds is 1. The smallest absolute Gasteiger partial charge is 0.356 e. The lowest BCUT2D eigenvalue weighted by Gasteiger charge is -1.86. The number of fused-ring (bicyclic) bond motifs is 1. The fraction of sp³-hybridized carbons (Fsp3) is 0. The Morgan fingerprint density at radius 1 is 1.46 bits per heavy atom. The van der Waals surface area contributed by atoms with E-state index in [4.69, 9.17) is 5.11 Å². The van der Waals surface area contributed by atoms with Crippen molar-refractivity contribution < 1.29 is 9.90 Å². The molecule has 0 amide bonds. The van der Waals surface area contributed by atoms with Crippen LogP contribution < -0.4 is 0 Å². The van der Waals surface area contributed by atoms with Gasteiger partial charge in [-0.15, -0.1) is 17.0 Å². The first kappa shape index (κ1) is 9.73. The minimum atomic E-state index is -1.00. The molecule has 0 fully saturated rings. The van der Waals surface area contributed by atoms with Gasteiger partial charge in [-0.3, -0.25) is 0 Å². The molecule has 2 aromatic heterocycles. The topological polar surface area (TPSA) is 54.6 Å². The summed E-state index contributed by atoms with van der Waals surface area (Å²) in [7, 11) is 0. The Morgan fingerprint density at radius 3 is 2.85 bits per heavy atom. The molecule has 1 N–H and O–H groups in total. The second-order valence-electron chi connectivity index (χ2n) is 2.40. The number of carboxylic acids is 1. The largest absolute Gasteiger partial charge is 0.476 e. The van der Waals surface area contributed by atoms with Crippen LogP contribution in [-0.4, -0.2) is 20.5 Å². The molecule has 0 spiro atoms. The van der Waals surface area contributed by atoms with Gasteiger partial charge in [-0.05, 0) is 12.1 Å². The van der Waals surface area contributed by atoms with Crippen LogP contribution >= 0.6 is 17.0 Å². The third-order valence-corrected chi connectivity index (χ3v) is 1.58. The van der Waals surface area contributed by atoms with E-state index in [0.29, 0.717) is 5.65 Å². The molecule has 0 atom stereocenters. The highest BCUT2D eigenvalue weighted by atomic mass is 79.9. The second-order valence-corrected chi connectivity index (χ2v) is 2.40. The van der Waals surface area contributed by atoms with Crippen molar-refractivity contribution in [2.24, 2.45) is 0 Å². The van der Waals surface area contributed by atoms with Crippen LogP contribution in [0.3, 0.4) is 0 Å². The van der Waals surface area contributed by atoms with Gasteiger partial charge in [0.15, 0.2) is 5.69 Å². The van der Waals surface area contributed by atoms with E-state index >= 15 is 0 Å². The normalized spacial score (nSPS) is 9.54. The summed E-state index contributed by atoms with van der Waals surface area (Å²) in [5.41, 5.74) is 0.719. The molecule has 5 heteroatoms. The number of nitrogens with zero attached hydrogens (tertiary/aromatic N) is 2. The fourth-order valence-corrected chi connectivity index (χ4v) is 1.04. The first-order valence-corrected chi connectivity index (χ1v) is 3.44. The maximum Gasteiger partial charge on any atom is 0.356 e. The molecule has 0 bridgehead atoms. The summed E-state index contributed by atoms with van der Waals surface area (Å²) in [5, 5.41) is 8.61. The lowest BCUT2D eigenvalue weighted by Crippen LogP contribution is -1.94. The standard InChI is InChI=1S/C8H6N2O2.BrH/c11-8(12)6-5-10-4-2-1-3-7(10)9-6;/h1-5H,(H,11,12);1H. The van der Waals surface area contributed by atoms with E-state index in [1.165, 1.54) is 6.20 Å². The van der Waals surface area contributed by atoms with Crippen molar-refractivity contribution in [2.75, 3.05) is 0 Å². The van der Waals surface area contributed by atoms with Crippen LogP contribution in [0.15, 0.2) is 30.6 Å². The Labute approximate surface area is 84.6 Å². The Morgan fingerprint density at radius 2 is 2.23 bits per heavy atom. The second kappa shape index (κ2) is 3.57. The molecule has 0 aliphatic heterocycles. The van der Waals surface area contributed by atoms with E-state index < -0.39 is 5.97 Å². The molecule has 0 aliphatic rings. The molecule has 13 heavy (non-hydrogen) atoms. The summed E-state index contributed by atoms with van der Waals surface area (Å²) in [6.07, 6.45) is 3.24. The Bertz CT molecular complexity index is 405. The van der Waals surface area contributed by atoms with Crippen molar-refractivity contribution in [1.82, 2.24) is 9.38 Å². The number of aromatic carboxylic acids is 1. The van der Waals surface area contributed by atoms with Gasteiger partial charge in [0, 0.05) is 12.4 Å². The van der Waals surface area contributed by atoms with Gasteiger partial charge in [0.05, 0.1) is 0 Å². The molecule has 2 heterocycles. The van der Waals surface area contributed by atoms with Crippen LogP contribution in [0.25, 0.3) is 5.65 Å². The predicted molar refractivity (Wildman–Crippen MR) is 52.5 cm³/mol. The predicted octanol–water partition coefficient (Wildman–Crippen LogP) is 1.61. The van der Waals surface area contributed by atoms with Crippen molar-refractivity contribution in [3.8, 4) is 0 Å². The highest BCUT2D eigenvalue weighted by Crippen LogP contribution is 2.03. The van der Waals surface area contributed by atoms with Crippen molar-refractivity contribution in [3.63, 3.8) is 0 Å². The molecule has 0 radical (unpaired) electrons. The first-order chi connectivity index (χ1) is 5.77. The number of hydrogen-bond donors (Lipinski definition) is 1. The number of imidazole rings is 1. The summed E-state index contributed by atoms with van der Waals surface area (Å²) in [4.78, 5) is 14.4. The number of aromatic nitrogens is 2. The molecule has 0 aliphatic carbocycles. The molecule has 68 valence electrons. The molecule has 4 nitrogen and oxygen atoms in total. The average molecular weight is 243 g/mol. The third-order valence-electron chi connectivity index (χ3n) is 1.58.